The van der Waals surface area contributed by atoms with E-state index in [1.807, 2.05) is 37.3 Å². The van der Waals surface area contributed by atoms with E-state index in [0.29, 0.717) is 17.1 Å². The average Bonchev–Trinajstić information content (AvgIpc) is 3.42. The van der Waals surface area contributed by atoms with Gasteiger partial charge in [0, 0.05) is 44.0 Å². The van der Waals surface area contributed by atoms with Gasteiger partial charge in [0.2, 0.25) is 11.1 Å². The van der Waals surface area contributed by atoms with Crippen molar-refractivity contribution >= 4 is 17.7 Å². The Bertz CT molecular complexity index is 908. The summed E-state index contributed by atoms with van der Waals surface area (Å²) in [7, 11) is 3.86. The molecular weight excluding hydrogens is 360 g/mol. The molecule has 1 saturated carbocycles. The van der Waals surface area contributed by atoms with Crippen LogP contribution in [0.5, 0.6) is 0 Å². The molecule has 0 aliphatic heterocycles. The Morgan fingerprint density at radius 2 is 1.96 bits per heavy atom. The number of aromatic nitrogens is 7. The molecule has 8 nitrogen and oxygen atoms in total. The first-order chi connectivity index (χ1) is 13.0. The first-order valence-corrected chi connectivity index (χ1v) is 9.81. The second-order valence-electron chi connectivity index (χ2n) is 7.08. The highest BCUT2D eigenvalue weighted by Crippen LogP contribution is 2.41. The van der Waals surface area contributed by atoms with Gasteiger partial charge in [0.05, 0.1) is 0 Å². The Balaban J connectivity index is 1.72. The third-order valence-electron chi connectivity index (χ3n) is 4.22. The molecule has 0 atom stereocenters. The summed E-state index contributed by atoms with van der Waals surface area (Å²) in [5.74, 6) is 2.50. The van der Waals surface area contributed by atoms with Crippen LogP contribution in [0.2, 0.25) is 0 Å². The monoisotopic (exact) mass is 382 g/mol. The molecule has 3 aromatic rings. The molecule has 9 heteroatoms. The molecule has 4 rings (SSSR count). The van der Waals surface area contributed by atoms with Crippen LogP contribution >= 0.6 is 11.8 Å². The van der Waals surface area contributed by atoms with Crippen LogP contribution in [0.4, 0.5) is 5.95 Å². The van der Waals surface area contributed by atoms with E-state index in [2.05, 4.69) is 48.5 Å². The van der Waals surface area contributed by atoms with Gasteiger partial charge in [-0.05, 0) is 36.7 Å². The molecule has 0 radical (unpaired) electrons. The lowest BCUT2D eigenvalue weighted by molar-refractivity contribution is 0.665. The number of hydrogen-bond acceptors (Lipinski definition) is 8. The summed E-state index contributed by atoms with van der Waals surface area (Å²) in [5.41, 5.74) is 0.969. The van der Waals surface area contributed by atoms with E-state index in [-0.39, 0.29) is 5.92 Å². The fourth-order valence-electron chi connectivity index (χ4n) is 2.65. The summed E-state index contributed by atoms with van der Waals surface area (Å²) in [5, 5.41) is 10.3. The average molecular weight is 382 g/mol. The highest BCUT2D eigenvalue weighted by Gasteiger charge is 2.31. The van der Waals surface area contributed by atoms with Crippen LogP contribution in [0.1, 0.15) is 44.5 Å². The fourth-order valence-corrected chi connectivity index (χ4v) is 3.49. The molecule has 0 bridgehead atoms. The van der Waals surface area contributed by atoms with Crippen molar-refractivity contribution in [3.63, 3.8) is 0 Å². The maximum absolute atomic E-state index is 4.63. The van der Waals surface area contributed by atoms with Crippen molar-refractivity contribution < 1.29 is 0 Å². The van der Waals surface area contributed by atoms with E-state index in [9.17, 15) is 0 Å². The Morgan fingerprint density at radius 3 is 2.59 bits per heavy atom. The maximum Gasteiger partial charge on any atom is 0.229 e. The summed E-state index contributed by atoms with van der Waals surface area (Å²) in [6, 6.07) is 4.35. The Morgan fingerprint density at radius 1 is 1.15 bits per heavy atom. The lowest BCUT2D eigenvalue weighted by Gasteiger charge is -2.14. The lowest BCUT2D eigenvalue weighted by atomic mass is 10.2. The number of anilines is 1. The van der Waals surface area contributed by atoms with E-state index in [4.69, 9.17) is 0 Å². The topological polar surface area (TPSA) is 85.5 Å². The first kappa shape index (κ1) is 17.8. The van der Waals surface area contributed by atoms with Gasteiger partial charge in [-0.1, -0.05) is 13.8 Å². The minimum absolute atomic E-state index is 0.221. The van der Waals surface area contributed by atoms with Crippen molar-refractivity contribution in [1.29, 1.82) is 0 Å². The zero-order valence-corrected chi connectivity index (χ0v) is 16.7. The molecule has 0 aromatic carbocycles. The van der Waals surface area contributed by atoms with Crippen LogP contribution in [0.3, 0.4) is 0 Å². The van der Waals surface area contributed by atoms with E-state index < -0.39 is 0 Å². The minimum atomic E-state index is 0.221. The molecule has 0 N–H and O–H groups in total. The van der Waals surface area contributed by atoms with E-state index >= 15 is 0 Å². The first-order valence-electron chi connectivity index (χ1n) is 8.99. The SMILES string of the molecule is CC(C)c1nc(Sc2nnc(-c3cccnc3)n2C2CC2)nc(N(C)C)n1. The van der Waals surface area contributed by atoms with Crippen molar-refractivity contribution in [3.05, 3.63) is 30.4 Å². The van der Waals surface area contributed by atoms with Gasteiger partial charge in [-0.25, -0.2) is 4.98 Å². The molecule has 0 unspecified atom stereocenters. The lowest BCUT2D eigenvalue weighted by Crippen LogP contribution is -2.16. The summed E-state index contributed by atoms with van der Waals surface area (Å²) < 4.78 is 2.19. The Labute approximate surface area is 162 Å². The molecular formula is C18H22N8S. The smallest absolute Gasteiger partial charge is 0.229 e. The number of hydrogen-bond donors (Lipinski definition) is 0. The largest absolute Gasteiger partial charge is 0.347 e. The zero-order chi connectivity index (χ0) is 19.0. The van der Waals surface area contributed by atoms with Crippen LogP contribution in [-0.4, -0.2) is 48.8 Å². The van der Waals surface area contributed by atoms with Gasteiger partial charge < -0.3 is 4.90 Å². The molecule has 0 amide bonds. The summed E-state index contributed by atoms with van der Waals surface area (Å²) >= 11 is 1.44. The molecule has 1 aliphatic carbocycles. The van der Waals surface area contributed by atoms with Gasteiger partial charge in [0.15, 0.2) is 11.0 Å². The number of nitrogens with zero attached hydrogens (tertiary/aromatic N) is 8. The quantitative estimate of drug-likeness (QED) is 0.642. The van der Waals surface area contributed by atoms with E-state index in [0.717, 1.165) is 35.2 Å². The van der Waals surface area contributed by atoms with Crippen LogP contribution in [0, 0.1) is 0 Å². The van der Waals surface area contributed by atoms with Crippen LogP contribution in [-0.2, 0) is 0 Å². The van der Waals surface area contributed by atoms with Crippen molar-refractivity contribution in [3.8, 4) is 11.4 Å². The zero-order valence-electron chi connectivity index (χ0n) is 15.9. The molecule has 0 saturated heterocycles. The highest BCUT2D eigenvalue weighted by molar-refractivity contribution is 7.99. The predicted molar refractivity (Wildman–Crippen MR) is 104 cm³/mol. The molecule has 140 valence electrons. The van der Waals surface area contributed by atoms with Gasteiger partial charge in [-0.15, -0.1) is 10.2 Å². The number of pyridine rings is 1. The normalized spacial score (nSPS) is 14.0. The third-order valence-corrected chi connectivity index (χ3v) is 5.04. The van der Waals surface area contributed by atoms with Gasteiger partial charge in [-0.3, -0.25) is 9.55 Å². The van der Waals surface area contributed by atoms with E-state index in [1.165, 1.54) is 11.8 Å². The van der Waals surface area contributed by atoms with Crippen LogP contribution < -0.4 is 4.90 Å². The second kappa shape index (κ2) is 7.22. The molecule has 1 fully saturated rings. The van der Waals surface area contributed by atoms with Crippen LogP contribution in [0.25, 0.3) is 11.4 Å². The van der Waals surface area contributed by atoms with Gasteiger partial charge in [-0.2, -0.15) is 9.97 Å². The Hall–Kier alpha value is -2.55. The van der Waals surface area contributed by atoms with Crippen molar-refractivity contribution in [1.82, 2.24) is 34.7 Å². The van der Waals surface area contributed by atoms with Gasteiger partial charge in [0.1, 0.15) is 5.82 Å². The minimum Gasteiger partial charge on any atom is -0.347 e. The summed E-state index contributed by atoms with van der Waals surface area (Å²) in [6.07, 6.45) is 5.85. The third kappa shape index (κ3) is 3.78. The standard InChI is InChI=1S/C18H22N8S/c1-11(2)14-20-16(25(3)4)22-17(21-14)27-18-24-23-15(26(18)13-7-8-13)12-6-5-9-19-10-12/h5-6,9-11,13H,7-8H2,1-4H3. The van der Waals surface area contributed by atoms with Crippen molar-refractivity contribution in [2.45, 2.75) is 49.0 Å². The van der Waals surface area contributed by atoms with Gasteiger partial charge in [0.25, 0.3) is 0 Å². The fraction of sp³-hybridized carbons (Fsp3) is 0.444. The predicted octanol–water partition coefficient (Wildman–Crippen LogP) is 3.20. The molecule has 3 aromatic heterocycles. The second-order valence-corrected chi connectivity index (χ2v) is 8.01. The summed E-state index contributed by atoms with van der Waals surface area (Å²) in [4.78, 5) is 19.9. The maximum atomic E-state index is 4.63. The van der Waals surface area contributed by atoms with Crippen molar-refractivity contribution in [2.75, 3.05) is 19.0 Å². The molecule has 3 heterocycles. The molecule has 0 spiro atoms. The van der Waals surface area contributed by atoms with Crippen LogP contribution in [0.15, 0.2) is 34.8 Å². The van der Waals surface area contributed by atoms with Crippen molar-refractivity contribution in [2.24, 2.45) is 0 Å². The van der Waals surface area contributed by atoms with Gasteiger partial charge >= 0.3 is 0 Å². The Kier molecular flexibility index (Phi) is 4.77. The molecule has 1 aliphatic rings. The molecule has 27 heavy (non-hydrogen) atoms. The number of rotatable bonds is 6. The summed E-state index contributed by atoms with van der Waals surface area (Å²) in [6.45, 7) is 4.16. The highest BCUT2D eigenvalue weighted by atomic mass is 32.2. The van der Waals surface area contributed by atoms with E-state index in [1.54, 1.807) is 6.20 Å².